The van der Waals surface area contributed by atoms with Crippen LogP contribution in [0.1, 0.15) is 51.6 Å². The van der Waals surface area contributed by atoms with Gasteiger partial charge in [0.1, 0.15) is 0 Å². The summed E-state index contributed by atoms with van der Waals surface area (Å²) in [5, 5.41) is 2.97. The molecule has 1 amide bonds. The highest BCUT2D eigenvalue weighted by molar-refractivity contribution is 5.85. The molecule has 138 valence electrons. The third-order valence-corrected chi connectivity index (χ3v) is 3.63. The van der Waals surface area contributed by atoms with Crippen LogP contribution in [0.15, 0.2) is 18.2 Å². The van der Waals surface area contributed by atoms with E-state index >= 15 is 0 Å². The van der Waals surface area contributed by atoms with Crippen molar-refractivity contribution in [3.63, 3.8) is 0 Å². The Labute approximate surface area is 151 Å². The molecule has 0 aromatic heterocycles. The Kier molecular flexibility index (Phi) is 11.3. The van der Waals surface area contributed by atoms with E-state index in [1.807, 2.05) is 25.1 Å². The SMILES string of the molecule is COc1cc(C(C)NC(=O)CCCN)ccc1OCCC(C)C.Cl. The van der Waals surface area contributed by atoms with Crippen LogP contribution >= 0.6 is 12.4 Å². The summed E-state index contributed by atoms with van der Waals surface area (Å²) in [6.45, 7) is 7.47. The number of methoxy groups -OCH3 is 1. The van der Waals surface area contributed by atoms with Gasteiger partial charge in [0.15, 0.2) is 11.5 Å². The van der Waals surface area contributed by atoms with Gasteiger partial charge in [0.25, 0.3) is 0 Å². The Bertz CT molecular complexity index is 495. The first-order valence-corrected chi connectivity index (χ1v) is 8.28. The number of nitrogens with two attached hydrogens (primary N) is 1. The molecule has 6 heteroatoms. The van der Waals surface area contributed by atoms with Crippen LogP contribution in [-0.2, 0) is 4.79 Å². The van der Waals surface area contributed by atoms with Crippen molar-refractivity contribution < 1.29 is 14.3 Å². The van der Waals surface area contributed by atoms with E-state index in [-0.39, 0.29) is 24.4 Å². The number of ether oxygens (including phenoxy) is 2. The minimum absolute atomic E-state index is 0. The van der Waals surface area contributed by atoms with Crippen molar-refractivity contribution in [1.29, 1.82) is 0 Å². The fraction of sp³-hybridized carbons (Fsp3) is 0.611. The lowest BCUT2D eigenvalue weighted by atomic mass is 10.1. The number of nitrogens with one attached hydrogen (secondary N) is 1. The van der Waals surface area contributed by atoms with Crippen LogP contribution in [0.25, 0.3) is 0 Å². The molecule has 1 rings (SSSR count). The Morgan fingerprint density at radius 1 is 1.25 bits per heavy atom. The summed E-state index contributed by atoms with van der Waals surface area (Å²) in [6.07, 6.45) is 2.15. The Balaban J connectivity index is 0.00000529. The molecule has 0 aliphatic rings. The second-order valence-corrected chi connectivity index (χ2v) is 6.12. The zero-order chi connectivity index (χ0) is 17.2. The predicted octanol–water partition coefficient (Wildman–Crippen LogP) is 3.46. The van der Waals surface area contributed by atoms with Gasteiger partial charge in [-0.2, -0.15) is 0 Å². The summed E-state index contributed by atoms with van der Waals surface area (Å²) in [5.74, 6) is 2.04. The van der Waals surface area contributed by atoms with E-state index in [0.29, 0.717) is 37.7 Å². The lowest BCUT2D eigenvalue weighted by molar-refractivity contribution is -0.121. The molecule has 0 bridgehead atoms. The smallest absolute Gasteiger partial charge is 0.220 e. The van der Waals surface area contributed by atoms with Crippen molar-refractivity contribution in [3.05, 3.63) is 23.8 Å². The monoisotopic (exact) mass is 358 g/mol. The van der Waals surface area contributed by atoms with E-state index in [4.69, 9.17) is 15.2 Å². The second-order valence-electron chi connectivity index (χ2n) is 6.12. The van der Waals surface area contributed by atoms with E-state index in [2.05, 4.69) is 19.2 Å². The maximum atomic E-state index is 11.8. The van der Waals surface area contributed by atoms with Crippen LogP contribution in [0.3, 0.4) is 0 Å². The first kappa shape index (κ1) is 22.5. The van der Waals surface area contributed by atoms with E-state index in [0.717, 1.165) is 17.7 Å². The van der Waals surface area contributed by atoms with Gasteiger partial charge in [-0.15, -0.1) is 12.4 Å². The fourth-order valence-electron chi connectivity index (χ4n) is 2.14. The highest BCUT2D eigenvalue weighted by atomic mass is 35.5. The van der Waals surface area contributed by atoms with Gasteiger partial charge in [0.2, 0.25) is 5.91 Å². The largest absolute Gasteiger partial charge is 0.493 e. The average molecular weight is 359 g/mol. The molecule has 1 unspecified atom stereocenters. The summed E-state index contributed by atoms with van der Waals surface area (Å²) >= 11 is 0. The van der Waals surface area contributed by atoms with E-state index in [1.165, 1.54) is 0 Å². The van der Waals surface area contributed by atoms with Crippen molar-refractivity contribution in [2.45, 2.75) is 46.1 Å². The molecule has 0 fully saturated rings. The molecular weight excluding hydrogens is 328 g/mol. The van der Waals surface area contributed by atoms with E-state index in [9.17, 15) is 4.79 Å². The van der Waals surface area contributed by atoms with Crippen LogP contribution in [-0.4, -0.2) is 26.2 Å². The first-order valence-electron chi connectivity index (χ1n) is 8.28. The lowest BCUT2D eigenvalue weighted by Gasteiger charge is -2.17. The summed E-state index contributed by atoms with van der Waals surface area (Å²) in [4.78, 5) is 11.8. The number of carbonyl (C=O) groups excluding carboxylic acids is 1. The molecule has 1 atom stereocenters. The van der Waals surface area contributed by atoms with Crippen LogP contribution in [0, 0.1) is 5.92 Å². The van der Waals surface area contributed by atoms with Gasteiger partial charge in [-0.25, -0.2) is 0 Å². The van der Waals surface area contributed by atoms with Crippen molar-refractivity contribution in [2.24, 2.45) is 11.7 Å². The Hall–Kier alpha value is -1.46. The maximum Gasteiger partial charge on any atom is 0.220 e. The number of rotatable bonds is 10. The molecule has 5 nitrogen and oxygen atoms in total. The van der Waals surface area contributed by atoms with Crippen LogP contribution in [0.2, 0.25) is 0 Å². The van der Waals surface area contributed by atoms with Crippen LogP contribution in [0.4, 0.5) is 0 Å². The quantitative estimate of drug-likeness (QED) is 0.671. The second kappa shape index (κ2) is 12.0. The van der Waals surface area contributed by atoms with Crippen molar-refractivity contribution >= 4 is 18.3 Å². The van der Waals surface area contributed by atoms with Crippen LogP contribution < -0.4 is 20.5 Å². The van der Waals surface area contributed by atoms with Gasteiger partial charge in [0, 0.05) is 6.42 Å². The Morgan fingerprint density at radius 2 is 1.96 bits per heavy atom. The maximum absolute atomic E-state index is 11.8. The van der Waals surface area contributed by atoms with E-state index < -0.39 is 0 Å². The molecule has 0 spiro atoms. The predicted molar refractivity (Wildman–Crippen MR) is 100 cm³/mol. The molecule has 0 saturated carbocycles. The minimum atomic E-state index is -0.0844. The zero-order valence-electron chi connectivity index (χ0n) is 15.1. The molecule has 0 saturated heterocycles. The van der Waals surface area contributed by atoms with Gasteiger partial charge in [-0.05, 0) is 49.9 Å². The van der Waals surface area contributed by atoms with Gasteiger partial charge in [-0.1, -0.05) is 19.9 Å². The van der Waals surface area contributed by atoms with E-state index in [1.54, 1.807) is 7.11 Å². The highest BCUT2D eigenvalue weighted by Crippen LogP contribution is 2.30. The third kappa shape index (κ3) is 7.88. The summed E-state index contributed by atoms with van der Waals surface area (Å²) in [5.41, 5.74) is 6.41. The number of benzene rings is 1. The molecule has 0 radical (unpaired) electrons. The Morgan fingerprint density at radius 3 is 2.54 bits per heavy atom. The number of halogens is 1. The molecular formula is C18H31ClN2O3. The topological polar surface area (TPSA) is 73.6 Å². The molecule has 0 aliphatic heterocycles. The molecule has 0 aliphatic carbocycles. The van der Waals surface area contributed by atoms with Crippen molar-refractivity contribution in [1.82, 2.24) is 5.32 Å². The molecule has 1 aromatic rings. The highest BCUT2D eigenvalue weighted by Gasteiger charge is 2.13. The summed E-state index contributed by atoms with van der Waals surface area (Å²) < 4.78 is 11.2. The minimum Gasteiger partial charge on any atom is -0.493 e. The average Bonchev–Trinajstić information content (AvgIpc) is 2.52. The number of hydrogen-bond acceptors (Lipinski definition) is 4. The number of carbonyl (C=O) groups is 1. The van der Waals surface area contributed by atoms with Crippen molar-refractivity contribution in [2.75, 3.05) is 20.3 Å². The van der Waals surface area contributed by atoms with Crippen molar-refractivity contribution in [3.8, 4) is 11.5 Å². The standard InChI is InChI=1S/C18H30N2O3.ClH/c1-13(2)9-11-23-16-8-7-15(12-17(16)22-4)14(3)20-18(21)6-5-10-19;/h7-8,12-14H,5-6,9-11,19H2,1-4H3,(H,20,21);1H. The summed E-state index contributed by atoms with van der Waals surface area (Å²) in [6, 6.07) is 5.69. The molecule has 3 N–H and O–H groups in total. The fourth-order valence-corrected chi connectivity index (χ4v) is 2.14. The number of hydrogen-bond donors (Lipinski definition) is 2. The summed E-state index contributed by atoms with van der Waals surface area (Å²) in [7, 11) is 1.62. The molecule has 24 heavy (non-hydrogen) atoms. The first-order chi connectivity index (χ1) is 11.0. The van der Waals surface area contributed by atoms with Gasteiger partial charge in [0.05, 0.1) is 19.8 Å². The normalized spacial score (nSPS) is 11.6. The lowest BCUT2D eigenvalue weighted by Crippen LogP contribution is -2.26. The van der Waals surface area contributed by atoms with Gasteiger partial charge in [-0.3, -0.25) is 4.79 Å². The number of amides is 1. The molecule has 0 heterocycles. The van der Waals surface area contributed by atoms with Crippen LogP contribution in [0.5, 0.6) is 11.5 Å². The van der Waals surface area contributed by atoms with Gasteiger partial charge >= 0.3 is 0 Å². The third-order valence-electron chi connectivity index (χ3n) is 3.63. The molecule has 1 aromatic carbocycles. The van der Waals surface area contributed by atoms with Gasteiger partial charge < -0.3 is 20.5 Å². The zero-order valence-corrected chi connectivity index (χ0v) is 15.9.